The summed E-state index contributed by atoms with van der Waals surface area (Å²) >= 11 is 0. The van der Waals surface area contributed by atoms with Gasteiger partial charge in [0.15, 0.2) is 0 Å². The molecule has 1 fully saturated rings. The number of hydrogen-bond acceptors (Lipinski definition) is 5. The molecule has 0 aliphatic carbocycles. The molecule has 3 N–H and O–H groups in total. The molecule has 1 aromatic rings. The number of aryl methyl sites for hydroxylation is 1. The first kappa shape index (κ1) is 17.2. The Morgan fingerprint density at radius 1 is 1.52 bits per heavy atom. The van der Waals surface area contributed by atoms with Crippen molar-refractivity contribution in [3.8, 4) is 0 Å². The van der Waals surface area contributed by atoms with E-state index in [1.54, 1.807) is 5.32 Å². The average Bonchev–Trinajstić information content (AvgIpc) is 2.84. The van der Waals surface area contributed by atoms with E-state index in [1.807, 2.05) is 4.98 Å². The minimum Gasteiger partial charge on any atom is -0.394 e. The molecule has 2 heterocycles. The molecule has 8 nitrogen and oxygen atoms in total. The molecule has 1 saturated heterocycles. The van der Waals surface area contributed by atoms with Crippen LogP contribution in [0.25, 0.3) is 0 Å². The number of alkyl halides is 3. The van der Waals surface area contributed by atoms with Gasteiger partial charge in [-0.05, 0) is 6.92 Å². The highest BCUT2D eigenvalue weighted by Crippen LogP contribution is 2.28. The highest BCUT2D eigenvalue weighted by atomic mass is 19.4. The molecule has 0 spiro atoms. The minimum atomic E-state index is -5.07. The van der Waals surface area contributed by atoms with Gasteiger partial charge in [-0.1, -0.05) is 0 Å². The van der Waals surface area contributed by atoms with Gasteiger partial charge < -0.3 is 15.2 Å². The summed E-state index contributed by atoms with van der Waals surface area (Å²) in [5.41, 5.74) is -1.19. The van der Waals surface area contributed by atoms with Crippen molar-refractivity contribution >= 4 is 5.91 Å². The van der Waals surface area contributed by atoms with Crippen LogP contribution in [0.3, 0.4) is 0 Å². The number of aromatic amines is 1. The molecule has 1 aliphatic rings. The fraction of sp³-hybridized carbons (Fsp3) is 0.583. The molecule has 0 bridgehead atoms. The van der Waals surface area contributed by atoms with Crippen molar-refractivity contribution < 1.29 is 27.8 Å². The van der Waals surface area contributed by atoms with Crippen LogP contribution >= 0.6 is 0 Å². The minimum absolute atomic E-state index is 0.168. The number of nitrogens with zero attached hydrogens (tertiary/aromatic N) is 1. The highest BCUT2D eigenvalue weighted by Gasteiger charge is 2.44. The molecular formula is C12H14F3N3O5. The summed E-state index contributed by atoms with van der Waals surface area (Å²) in [6, 6.07) is -1.13. The van der Waals surface area contributed by atoms with Gasteiger partial charge in [-0.2, -0.15) is 13.2 Å². The predicted molar refractivity (Wildman–Crippen MR) is 69.7 cm³/mol. The number of amides is 1. The third-order valence-corrected chi connectivity index (χ3v) is 3.45. The zero-order chi connectivity index (χ0) is 17.4. The number of halogens is 3. The van der Waals surface area contributed by atoms with E-state index in [1.165, 1.54) is 13.1 Å². The van der Waals surface area contributed by atoms with Crippen LogP contribution in [0.4, 0.5) is 13.2 Å². The summed E-state index contributed by atoms with van der Waals surface area (Å²) in [6.45, 7) is 0.798. The third kappa shape index (κ3) is 3.62. The number of hydrogen-bond donors (Lipinski definition) is 3. The summed E-state index contributed by atoms with van der Waals surface area (Å²) in [6.07, 6.45) is -6.16. The Bertz CT molecular complexity index is 711. The zero-order valence-electron chi connectivity index (χ0n) is 11.9. The zero-order valence-corrected chi connectivity index (χ0v) is 11.9. The Morgan fingerprint density at radius 3 is 2.74 bits per heavy atom. The van der Waals surface area contributed by atoms with Gasteiger partial charge in [0.05, 0.1) is 12.6 Å². The highest BCUT2D eigenvalue weighted by molar-refractivity contribution is 5.82. The van der Waals surface area contributed by atoms with E-state index >= 15 is 0 Å². The van der Waals surface area contributed by atoms with Crippen molar-refractivity contribution in [2.24, 2.45) is 0 Å². The van der Waals surface area contributed by atoms with Crippen molar-refractivity contribution in [2.45, 2.75) is 37.9 Å². The lowest BCUT2D eigenvalue weighted by atomic mass is 10.1. The van der Waals surface area contributed by atoms with Crippen molar-refractivity contribution in [3.63, 3.8) is 0 Å². The van der Waals surface area contributed by atoms with Crippen LogP contribution in [-0.4, -0.2) is 45.5 Å². The quantitative estimate of drug-likeness (QED) is 0.666. The second-order valence-electron chi connectivity index (χ2n) is 5.10. The van der Waals surface area contributed by atoms with Crippen LogP contribution in [0.1, 0.15) is 18.2 Å². The molecule has 11 heteroatoms. The fourth-order valence-corrected chi connectivity index (χ4v) is 2.27. The topological polar surface area (TPSA) is 113 Å². The van der Waals surface area contributed by atoms with Gasteiger partial charge in [0.2, 0.25) is 0 Å². The second kappa shape index (κ2) is 6.16. The van der Waals surface area contributed by atoms with E-state index < -0.39 is 48.3 Å². The Hall–Kier alpha value is -2.14. The maximum Gasteiger partial charge on any atom is 0.471 e. The maximum atomic E-state index is 12.3. The first-order valence-electron chi connectivity index (χ1n) is 6.59. The van der Waals surface area contributed by atoms with E-state index in [2.05, 4.69) is 0 Å². The van der Waals surface area contributed by atoms with E-state index in [0.29, 0.717) is 0 Å². The molecule has 0 radical (unpaired) electrons. The van der Waals surface area contributed by atoms with Gasteiger partial charge in [-0.15, -0.1) is 0 Å². The number of aliphatic hydroxyl groups excluding tert-OH is 1. The summed E-state index contributed by atoms with van der Waals surface area (Å²) in [7, 11) is 0. The number of aliphatic hydroxyl groups is 1. The van der Waals surface area contributed by atoms with Crippen LogP contribution in [-0.2, 0) is 9.53 Å². The molecule has 1 amide bonds. The summed E-state index contributed by atoms with van der Waals surface area (Å²) in [4.78, 5) is 36.1. The number of carbonyl (C=O) groups excluding carboxylic acids is 1. The summed E-state index contributed by atoms with van der Waals surface area (Å²) < 4.78 is 43.2. The van der Waals surface area contributed by atoms with Crippen LogP contribution in [0.15, 0.2) is 15.8 Å². The van der Waals surface area contributed by atoms with Crippen LogP contribution in [0, 0.1) is 6.92 Å². The maximum absolute atomic E-state index is 12.3. The lowest BCUT2D eigenvalue weighted by Crippen LogP contribution is -2.47. The van der Waals surface area contributed by atoms with Crippen molar-refractivity contribution in [3.05, 3.63) is 32.6 Å². The summed E-state index contributed by atoms with van der Waals surface area (Å²) in [5.74, 6) is -2.16. The third-order valence-electron chi connectivity index (χ3n) is 3.45. The van der Waals surface area contributed by atoms with Gasteiger partial charge in [0.25, 0.3) is 5.56 Å². The monoisotopic (exact) mass is 337 g/mol. The predicted octanol–water partition coefficient (Wildman–Crippen LogP) is -0.828. The SMILES string of the molecule is Cc1cn(C2CC(NC(=O)C(F)(F)F)C(CO)O2)c(=O)[nH]c1=O. The van der Waals surface area contributed by atoms with Gasteiger partial charge in [-0.3, -0.25) is 19.1 Å². The molecule has 1 aromatic heterocycles. The number of rotatable bonds is 3. The molecule has 0 saturated carbocycles. The number of aromatic nitrogens is 2. The number of ether oxygens (including phenoxy) is 1. The molecule has 3 unspecified atom stereocenters. The lowest BCUT2D eigenvalue weighted by molar-refractivity contribution is -0.174. The molecule has 1 aliphatic heterocycles. The van der Waals surface area contributed by atoms with Gasteiger partial charge in [0, 0.05) is 18.2 Å². The molecular weight excluding hydrogens is 323 g/mol. The summed E-state index contributed by atoms with van der Waals surface area (Å²) in [5, 5.41) is 10.9. The molecule has 3 atom stereocenters. The standard InChI is InChI=1S/C12H14F3N3O5/c1-5-3-18(11(22)17-9(5)20)8-2-6(7(4-19)23-8)16-10(21)12(13,14)15/h3,6-8,19H,2,4H2,1H3,(H,16,21)(H,17,20,22). The van der Waals surface area contributed by atoms with Crippen molar-refractivity contribution in [1.82, 2.24) is 14.9 Å². The van der Waals surface area contributed by atoms with Gasteiger partial charge >= 0.3 is 17.8 Å². The van der Waals surface area contributed by atoms with Crippen molar-refractivity contribution in [1.29, 1.82) is 0 Å². The van der Waals surface area contributed by atoms with E-state index in [0.717, 1.165) is 4.57 Å². The lowest BCUT2D eigenvalue weighted by Gasteiger charge is -2.18. The average molecular weight is 337 g/mol. The Balaban J connectivity index is 2.22. The Labute approximate surface area is 126 Å². The van der Waals surface area contributed by atoms with E-state index in [9.17, 15) is 32.7 Å². The first-order valence-corrected chi connectivity index (χ1v) is 6.59. The largest absolute Gasteiger partial charge is 0.471 e. The first-order chi connectivity index (χ1) is 10.6. The van der Waals surface area contributed by atoms with Gasteiger partial charge in [-0.25, -0.2) is 4.79 Å². The normalized spacial score (nSPS) is 24.7. The fourth-order valence-electron chi connectivity index (χ4n) is 2.27. The molecule has 23 heavy (non-hydrogen) atoms. The number of H-pyrrole nitrogens is 1. The van der Waals surface area contributed by atoms with Crippen LogP contribution < -0.4 is 16.6 Å². The van der Waals surface area contributed by atoms with Crippen molar-refractivity contribution in [2.75, 3.05) is 6.61 Å². The van der Waals surface area contributed by atoms with E-state index in [-0.39, 0.29) is 12.0 Å². The molecule has 128 valence electrons. The van der Waals surface area contributed by atoms with E-state index in [4.69, 9.17) is 4.74 Å². The van der Waals surface area contributed by atoms with Crippen LogP contribution in [0.5, 0.6) is 0 Å². The Kier molecular flexibility index (Phi) is 4.61. The smallest absolute Gasteiger partial charge is 0.394 e. The number of nitrogens with one attached hydrogen (secondary N) is 2. The number of carbonyl (C=O) groups is 1. The van der Waals surface area contributed by atoms with Gasteiger partial charge in [0.1, 0.15) is 12.3 Å². The second-order valence-corrected chi connectivity index (χ2v) is 5.10. The molecule has 2 rings (SSSR count). The molecule has 0 aromatic carbocycles. The Morgan fingerprint density at radius 2 is 2.17 bits per heavy atom. The van der Waals surface area contributed by atoms with Crippen LogP contribution in [0.2, 0.25) is 0 Å².